The molecular weight excluding hydrogens is 275 g/mol. The number of halogens is 2. The Morgan fingerprint density at radius 3 is 2.44 bits per heavy atom. The quantitative estimate of drug-likeness (QED) is 0.807. The van der Waals surface area contributed by atoms with E-state index in [2.05, 4.69) is 5.32 Å². The standard InChI is InChI=1S/C12H12Cl2N2O2/c13-8-3-4-10(9(14)7-8)15-11(17)12(18)16-5-1-2-6-16/h3-4,7H,1-2,5-6H2,(H,15,17). The zero-order valence-corrected chi connectivity index (χ0v) is 11.1. The van der Waals surface area contributed by atoms with E-state index >= 15 is 0 Å². The van der Waals surface area contributed by atoms with Crippen LogP contribution in [0.25, 0.3) is 0 Å². The Labute approximate surface area is 115 Å². The van der Waals surface area contributed by atoms with Crippen molar-refractivity contribution in [2.75, 3.05) is 18.4 Å². The van der Waals surface area contributed by atoms with Crippen LogP contribution in [-0.2, 0) is 9.59 Å². The summed E-state index contributed by atoms with van der Waals surface area (Å²) in [5.41, 5.74) is 0.388. The van der Waals surface area contributed by atoms with E-state index in [0.717, 1.165) is 12.8 Å². The minimum atomic E-state index is -0.666. The predicted molar refractivity (Wildman–Crippen MR) is 70.9 cm³/mol. The third-order valence-electron chi connectivity index (χ3n) is 2.77. The summed E-state index contributed by atoms with van der Waals surface area (Å²) in [7, 11) is 0. The van der Waals surface area contributed by atoms with Gasteiger partial charge in [-0.1, -0.05) is 23.2 Å². The van der Waals surface area contributed by atoms with Crippen molar-refractivity contribution < 1.29 is 9.59 Å². The fourth-order valence-electron chi connectivity index (χ4n) is 1.83. The fourth-order valence-corrected chi connectivity index (χ4v) is 2.29. The van der Waals surface area contributed by atoms with Crippen LogP contribution >= 0.6 is 23.2 Å². The second-order valence-corrected chi connectivity index (χ2v) is 4.92. The number of carbonyl (C=O) groups is 2. The summed E-state index contributed by atoms with van der Waals surface area (Å²) in [4.78, 5) is 25.1. The highest BCUT2D eigenvalue weighted by atomic mass is 35.5. The molecule has 0 aliphatic carbocycles. The Morgan fingerprint density at radius 1 is 1.17 bits per heavy atom. The minimum Gasteiger partial charge on any atom is -0.334 e. The van der Waals surface area contributed by atoms with E-state index in [9.17, 15) is 9.59 Å². The summed E-state index contributed by atoms with van der Waals surface area (Å²) < 4.78 is 0. The smallest absolute Gasteiger partial charge is 0.313 e. The van der Waals surface area contributed by atoms with Crippen LogP contribution in [-0.4, -0.2) is 29.8 Å². The molecule has 1 aromatic rings. The molecule has 6 heteroatoms. The monoisotopic (exact) mass is 286 g/mol. The van der Waals surface area contributed by atoms with Gasteiger partial charge in [0.2, 0.25) is 0 Å². The van der Waals surface area contributed by atoms with Crippen LogP contribution < -0.4 is 5.32 Å². The van der Waals surface area contributed by atoms with Crippen LogP contribution in [0, 0.1) is 0 Å². The number of rotatable bonds is 1. The first kappa shape index (κ1) is 13.2. The molecule has 2 amide bonds. The highest BCUT2D eigenvalue weighted by Gasteiger charge is 2.24. The van der Waals surface area contributed by atoms with Crippen LogP contribution in [0.4, 0.5) is 5.69 Å². The maximum Gasteiger partial charge on any atom is 0.313 e. The summed E-state index contributed by atoms with van der Waals surface area (Å²) in [5, 5.41) is 3.28. The Morgan fingerprint density at radius 2 is 1.83 bits per heavy atom. The Hall–Kier alpha value is -1.26. The Balaban J connectivity index is 2.04. The van der Waals surface area contributed by atoms with Crippen LogP contribution in [0.2, 0.25) is 10.0 Å². The molecule has 1 saturated heterocycles. The molecule has 1 aromatic carbocycles. The maximum atomic E-state index is 11.8. The van der Waals surface area contributed by atoms with Gasteiger partial charge in [-0.2, -0.15) is 0 Å². The SMILES string of the molecule is O=C(Nc1ccc(Cl)cc1Cl)C(=O)N1CCCC1. The van der Waals surface area contributed by atoms with Gasteiger partial charge in [0.1, 0.15) is 0 Å². The Kier molecular flexibility index (Phi) is 4.09. The molecule has 18 heavy (non-hydrogen) atoms. The van der Waals surface area contributed by atoms with Crippen molar-refractivity contribution in [2.24, 2.45) is 0 Å². The second kappa shape index (κ2) is 5.59. The first-order chi connectivity index (χ1) is 8.58. The zero-order valence-electron chi connectivity index (χ0n) is 9.58. The van der Waals surface area contributed by atoms with Crippen molar-refractivity contribution in [1.29, 1.82) is 0 Å². The molecule has 0 unspecified atom stereocenters. The highest BCUT2D eigenvalue weighted by molar-refractivity contribution is 6.42. The van der Waals surface area contributed by atoms with Gasteiger partial charge in [-0.15, -0.1) is 0 Å². The summed E-state index contributed by atoms with van der Waals surface area (Å²) in [6.45, 7) is 1.28. The van der Waals surface area contributed by atoms with Gasteiger partial charge in [-0.3, -0.25) is 9.59 Å². The van der Waals surface area contributed by atoms with Crippen molar-refractivity contribution in [3.63, 3.8) is 0 Å². The van der Waals surface area contributed by atoms with Crippen molar-refractivity contribution in [1.82, 2.24) is 4.90 Å². The second-order valence-electron chi connectivity index (χ2n) is 4.08. The van der Waals surface area contributed by atoms with Crippen molar-refractivity contribution in [3.05, 3.63) is 28.2 Å². The van der Waals surface area contributed by atoms with Crippen LogP contribution in [0.5, 0.6) is 0 Å². The molecule has 0 bridgehead atoms. The molecule has 0 radical (unpaired) electrons. The van der Waals surface area contributed by atoms with Gasteiger partial charge in [0.05, 0.1) is 10.7 Å². The normalized spacial score (nSPS) is 14.7. The van der Waals surface area contributed by atoms with Crippen LogP contribution in [0.1, 0.15) is 12.8 Å². The number of likely N-dealkylation sites (tertiary alicyclic amines) is 1. The lowest BCUT2D eigenvalue weighted by atomic mass is 10.3. The third kappa shape index (κ3) is 2.94. The minimum absolute atomic E-state index is 0.310. The summed E-state index contributed by atoms with van der Waals surface area (Å²) in [5.74, 6) is -1.18. The molecule has 1 aliphatic heterocycles. The average Bonchev–Trinajstić information content (AvgIpc) is 2.85. The van der Waals surface area contributed by atoms with E-state index in [0.29, 0.717) is 28.8 Å². The van der Waals surface area contributed by atoms with E-state index < -0.39 is 11.8 Å². The van der Waals surface area contributed by atoms with E-state index in [1.54, 1.807) is 17.0 Å². The lowest BCUT2D eigenvalue weighted by molar-refractivity contribution is -0.142. The molecule has 0 aromatic heterocycles. The molecule has 1 N–H and O–H groups in total. The zero-order chi connectivity index (χ0) is 13.1. The molecule has 0 saturated carbocycles. The molecule has 1 heterocycles. The first-order valence-electron chi connectivity index (χ1n) is 5.63. The molecule has 1 aliphatic rings. The number of anilines is 1. The number of nitrogens with one attached hydrogen (secondary N) is 1. The van der Waals surface area contributed by atoms with Crippen molar-refractivity contribution >= 4 is 40.7 Å². The fraction of sp³-hybridized carbons (Fsp3) is 0.333. The summed E-state index contributed by atoms with van der Waals surface area (Å²) >= 11 is 11.7. The van der Waals surface area contributed by atoms with E-state index in [1.165, 1.54) is 6.07 Å². The Bertz CT molecular complexity index is 485. The predicted octanol–water partition coefficient (Wildman–Crippen LogP) is 2.55. The number of nitrogens with zero attached hydrogens (tertiary/aromatic N) is 1. The third-order valence-corrected chi connectivity index (χ3v) is 3.31. The van der Waals surface area contributed by atoms with Gasteiger partial charge >= 0.3 is 11.8 Å². The molecule has 4 nitrogen and oxygen atoms in total. The molecule has 0 spiro atoms. The van der Waals surface area contributed by atoms with Gasteiger partial charge in [-0.25, -0.2) is 0 Å². The summed E-state index contributed by atoms with van der Waals surface area (Å²) in [6, 6.07) is 4.68. The van der Waals surface area contributed by atoms with Gasteiger partial charge in [-0.05, 0) is 31.0 Å². The molecule has 0 atom stereocenters. The summed E-state index contributed by atoms with van der Waals surface area (Å²) in [6.07, 6.45) is 1.89. The number of hydrogen-bond acceptors (Lipinski definition) is 2. The lowest BCUT2D eigenvalue weighted by Crippen LogP contribution is -2.37. The van der Waals surface area contributed by atoms with Gasteiger partial charge in [0.15, 0.2) is 0 Å². The van der Waals surface area contributed by atoms with E-state index in [1.807, 2.05) is 0 Å². The van der Waals surface area contributed by atoms with Crippen molar-refractivity contribution in [2.45, 2.75) is 12.8 Å². The average molecular weight is 287 g/mol. The van der Waals surface area contributed by atoms with Gasteiger partial charge < -0.3 is 10.2 Å². The van der Waals surface area contributed by atoms with Crippen LogP contribution in [0.15, 0.2) is 18.2 Å². The lowest BCUT2D eigenvalue weighted by Gasteiger charge is -2.14. The number of hydrogen-bond donors (Lipinski definition) is 1. The molecule has 1 fully saturated rings. The van der Waals surface area contributed by atoms with E-state index in [4.69, 9.17) is 23.2 Å². The largest absolute Gasteiger partial charge is 0.334 e. The topological polar surface area (TPSA) is 49.4 Å². The number of benzene rings is 1. The molecular formula is C12H12Cl2N2O2. The number of carbonyl (C=O) groups excluding carboxylic acids is 2. The maximum absolute atomic E-state index is 11.8. The highest BCUT2D eigenvalue weighted by Crippen LogP contribution is 2.25. The van der Waals surface area contributed by atoms with Gasteiger partial charge in [0, 0.05) is 18.1 Å². The van der Waals surface area contributed by atoms with Gasteiger partial charge in [0.25, 0.3) is 0 Å². The number of amides is 2. The molecule has 2 rings (SSSR count). The molecule has 96 valence electrons. The first-order valence-corrected chi connectivity index (χ1v) is 6.39. The van der Waals surface area contributed by atoms with E-state index in [-0.39, 0.29) is 0 Å². The van der Waals surface area contributed by atoms with Crippen molar-refractivity contribution in [3.8, 4) is 0 Å². The van der Waals surface area contributed by atoms with Crippen LogP contribution in [0.3, 0.4) is 0 Å².